The minimum Gasteiger partial charge on any atom is -0.493 e. The van der Waals surface area contributed by atoms with Crippen molar-refractivity contribution in [1.29, 1.82) is 0 Å². The Labute approximate surface area is 172 Å². The van der Waals surface area contributed by atoms with Crippen LogP contribution in [0, 0.1) is 5.92 Å². The molecule has 29 heavy (non-hydrogen) atoms. The summed E-state index contributed by atoms with van der Waals surface area (Å²) in [6.07, 6.45) is 0.559. The van der Waals surface area contributed by atoms with Gasteiger partial charge in [-0.2, -0.15) is 0 Å². The van der Waals surface area contributed by atoms with E-state index in [4.69, 9.17) is 18.9 Å². The van der Waals surface area contributed by atoms with Gasteiger partial charge in [-0.15, -0.1) is 0 Å². The molecule has 0 bridgehead atoms. The van der Waals surface area contributed by atoms with Crippen LogP contribution in [-0.4, -0.2) is 38.5 Å². The number of carbonyl (C=O) groups is 1. The molecule has 6 heteroatoms. The summed E-state index contributed by atoms with van der Waals surface area (Å²) in [5.74, 6) is 1.74. The molecule has 2 aromatic carbocycles. The number of hydrogen-bond acceptors (Lipinski definition) is 6. The molecule has 2 aromatic rings. The Morgan fingerprint density at radius 2 is 1.79 bits per heavy atom. The van der Waals surface area contributed by atoms with Crippen molar-refractivity contribution in [3.63, 3.8) is 0 Å². The average Bonchev–Trinajstić information content (AvgIpc) is 2.74. The number of methoxy groups -OCH3 is 2. The number of hydrogen-bond donors (Lipinski definition) is 1. The Kier molecular flexibility index (Phi) is 8.80. The van der Waals surface area contributed by atoms with E-state index in [1.54, 1.807) is 32.4 Å². The molecule has 2 rings (SSSR count). The van der Waals surface area contributed by atoms with E-state index in [1.807, 2.05) is 38.1 Å². The Morgan fingerprint density at radius 1 is 1.03 bits per heavy atom. The number of aryl methyl sites for hydroxylation is 1. The zero-order chi connectivity index (χ0) is 21.2. The molecule has 1 N–H and O–H groups in total. The van der Waals surface area contributed by atoms with E-state index < -0.39 is 12.1 Å². The van der Waals surface area contributed by atoms with Gasteiger partial charge in [-0.3, -0.25) is 0 Å². The molecular weight excluding hydrogens is 372 g/mol. The number of benzene rings is 2. The van der Waals surface area contributed by atoms with Crippen LogP contribution in [0.5, 0.6) is 17.2 Å². The van der Waals surface area contributed by atoms with Crippen LogP contribution in [0.4, 0.5) is 0 Å². The van der Waals surface area contributed by atoms with E-state index in [0.717, 1.165) is 11.1 Å². The summed E-state index contributed by atoms with van der Waals surface area (Å²) >= 11 is 0. The molecule has 0 saturated carbocycles. The van der Waals surface area contributed by atoms with Gasteiger partial charge in [-0.05, 0) is 54.2 Å². The second kappa shape index (κ2) is 11.3. The van der Waals surface area contributed by atoms with Crippen LogP contribution in [0.1, 0.15) is 37.5 Å². The summed E-state index contributed by atoms with van der Waals surface area (Å²) in [6, 6.07) is 12.8. The molecule has 0 saturated heterocycles. The van der Waals surface area contributed by atoms with Crippen LogP contribution in [0.2, 0.25) is 0 Å². The van der Waals surface area contributed by atoms with Gasteiger partial charge in [-0.25, -0.2) is 4.79 Å². The summed E-state index contributed by atoms with van der Waals surface area (Å²) in [7, 11) is 3.20. The average molecular weight is 402 g/mol. The molecule has 1 atom stereocenters. The van der Waals surface area contributed by atoms with Crippen LogP contribution in [0.25, 0.3) is 0 Å². The van der Waals surface area contributed by atoms with Crippen molar-refractivity contribution in [2.75, 3.05) is 27.4 Å². The van der Waals surface area contributed by atoms with Gasteiger partial charge in [-0.1, -0.05) is 32.0 Å². The van der Waals surface area contributed by atoms with E-state index in [1.165, 1.54) is 0 Å². The highest BCUT2D eigenvalue weighted by molar-refractivity contribution is 5.71. The van der Waals surface area contributed by atoms with E-state index in [9.17, 15) is 9.90 Å². The Hall–Kier alpha value is -2.73. The molecule has 0 aliphatic rings. The van der Waals surface area contributed by atoms with Gasteiger partial charge < -0.3 is 24.1 Å². The summed E-state index contributed by atoms with van der Waals surface area (Å²) < 4.78 is 21.2. The molecule has 0 amide bonds. The van der Waals surface area contributed by atoms with Gasteiger partial charge in [0.2, 0.25) is 0 Å². The number of esters is 1. The third-order valence-corrected chi connectivity index (χ3v) is 4.33. The maximum atomic E-state index is 11.7. The normalized spacial score (nSPS) is 11.8. The van der Waals surface area contributed by atoms with Crippen LogP contribution >= 0.6 is 0 Å². The highest BCUT2D eigenvalue weighted by Gasteiger charge is 2.12. The van der Waals surface area contributed by atoms with Gasteiger partial charge in [0.1, 0.15) is 5.75 Å². The van der Waals surface area contributed by atoms with Crippen molar-refractivity contribution in [3.05, 3.63) is 53.6 Å². The largest absolute Gasteiger partial charge is 0.493 e. The van der Waals surface area contributed by atoms with Gasteiger partial charge in [0.15, 0.2) is 18.1 Å². The van der Waals surface area contributed by atoms with E-state index in [-0.39, 0.29) is 12.5 Å². The monoisotopic (exact) mass is 402 g/mol. The predicted octanol–water partition coefficient (Wildman–Crippen LogP) is 3.95. The summed E-state index contributed by atoms with van der Waals surface area (Å²) in [5, 5.41) is 10.6. The lowest BCUT2D eigenvalue weighted by Crippen LogP contribution is -2.17. The summed E-state index contributed by atoms with van der Waals surface area (Å²) in [6.45, 7) is 4.16. The minimum atomic E-state index is -0.653. The molecule has 0 heterocycles. The molecule has 0 fully saturated rings. The first-order valence-electron chi connectivity index (χ1n) is 9.70. The first-order valence-corrected chi connectivity index (χ1v) is 9.70. The predicted molar refractivity (Wildman–Crippen MR) is 111 cm³/mol. The third kappa shape index (κ3) is 7.31. The van der Waals surface area contributed by atoms with Crippen molar-refractivity contribution in [2.45, 2.75) is 32.8 Å². The van der Waals surface area contributed by atoms with Crippen LogP contribution in [-0.2, 0) is 16.0 Å². The lowest BCUT2D eigenvalue weighted by molar-refractivity contribution is -0.147. The van der Waals surface area contributed by atoms with Crippen molar-refractivity contribution in [3.8, 4) is 17.2 Å². The molecule has 0 aliphatic carbocycles. The van der Waals surface area contributed by atoms with Crippen LogP contribution in [0.15, 0.2) is 42.5 Å². The van der Waals surface area contributed by atoms with Gasteiger partial charge >= 0.3 is 5.97 Å². The SMILES string of the molecule is COc1ccc(CC[C@@H](O)c2cccc(OCC(=O)OCC(C)C)c2)cc1OC. The highest BCUT2D eigenvalue weighted by atomic mass is 16.6. The van der Waals surface area contributed by atoms with Crippen LogP contribution in [0.3, 0.4) is 0 Å². The Morgan fingerprint density at radius 3 is 2.48 bits per heavy atom. The number of carbonyl (C=O) groups excluding carboxylic acids is 1. The maximum absolute atomic E-state index is 11.7. The number of rotatable bonds is 11. The maximum Gasteiger partial charge on any atom is 0.344 e. The summed E-state index contributed by atoms with van der Waals surface area (Å²) in [5.41, 5.74) is 1.78. The molecule has 0 spiro atoms. The van der Waals surface area contributed by atoms with E-state index in [2.05, 4.69) is 0 Å². The second-order valence-electron chi connectivity index (χ2n) is 7.18. The summed E-state index contributed by atoms with van der Waals surface area (Å²) in [4.78, 5) is 11.7. The molecule has 0 radical (unpaired) electrons. The lowest BCUT2D eigenvalue weighted by atomic mass is 10.0. The van der Waals surface area contributed by atoms with Crippen molar-refractivity contribution < 1.29 is 28.8 Å². The van der Waals surface area contributed by atoms with E-state index in [0.29, 0.717) is 36.7 Å². The molecule has 0 aliphatic heterocycles. The quantitative estimate of drug-likeness (QED) is 0.574. The molecular formula is C23H30O6. The molecule has 0 unspecified atom stereocenters. The van der Waals surface area contributed by atoms with E-state index >= 15 is 0 Å². The smallest absolute Gasteiger partial charge is 0.344 e. The molecule has 158 valence electrons. The van der Waals surface area contributed by atoms with Gasteiger partial charge in [0.25, 0.3) is 0 Å². The first kappa shape index (κ1) is 22.6. The zero-order valence-corrected chi connectivity index (χ0v) is 17.5. The lowest BCUT2D eigenvalue weighted by Gasteiger charge is -2.14. The van der Waals surface area contributed by atoms with Gasteiger partial charge in [0, 0.05) is 0 Å². The number of ether oxygens (including phenoxy) is 4. The Balaban J connectivity index is 1.90. The van der Waals surface area contributed by atoms with Crippen LogP contribution < -0.4 is 14.2 Å². The second-order valence-corrected chi connectivity index (χ2v) is 7.18. The van der Waals surface area contributed by atoms with Crippen molar-refractivity contribution in [2.24, 2.45) is 5.92 Å². The fraction of sp³-hybridized carbons (Fsp3) is 0.435. The fourth-order valence-corrected chi connectivity index (χ4v) is 2.76. The number of aliphatic hydroxyl groups excluding tert-OH is 1. The standard InChI is InChI=1S/C23H30O6/c1-16(2)14-29-23(25)15-28-19-7-5-6-18(13-19)20(24)10-8-17-9-11-21(26-3)22(12-17)27-4/h5-7,9,11-13,16,20,24H,8,10,14-15H2,1-4H3/t20-/m1/s1. The highest BCUT2D eigenvalue weighted by Crippen LogP contribution is 2.29. The number of aliphatic hydroxyl groups is 1. The van der Waals surface area contributed by atoms with Crippen molar-refractivity contribution >= 4 is 5.97 Å². The molecule has 6 nitrogen and oxygen atoms in total. The third-order valence-electron chi connectivity index (χ3n) is 4.33. The van der Waals surface area contributed by atoms with Crippen molar-refractivity contribution in [1.82, 2.24) is 0 Å². The topological polar surface area (TPSA) is 74.2 Å². The minimum absolute atomic E-state index is 0.155. The van der Waals surface area contributed by atoms with Gasteiger partial charge in [0.05, 0.1) is 26.9 Å². The zero-order valence-electron chi connectivity index (χ0n) is 17.5. The molecule has 0 aromatic heterocycles. The Bertz CT molecular complexity index is 787. The first-order chi connectivity index (χ1) is 13.9. The fourth-order valence-electron chi connectivity index (χ4n) is 2.76.